The zero-order chi connectivity index (χ0) is 9.14. The van der Waals surface area contributed by atoms with Gasteiger partial charge in [0.1, 0.15) is 17.9 Å². The predicted octanol–water partition coefficient (Wildman–Crippen LogP) is 1.61. The Bertz CT molecular complexity index is 286. The lowest BCUT2D eigenvalue weighted by molar-refractivity contribution is -0.140. The summed E-state index contributed by atoms with van der Waals surface area (Å²) in [5.41, 5.74) is 0.998. The van der Waals surface area contributed by atoms with E-state index in [2.05, 4.69) is 4.74 Å². The molecule has 0 atom stereocenters. The van der Waals surface area contributed by atoms with E-state index in [1.54, 1.807) is 0 Å². The van der Waals surface area contributed by atoms with Crippen LogP contribution in [0.15, 0.2) is 10.5 Å². The molecule has 12 heavy (non-hydrogen) atoms. The average molecular weight is 168 g/mol. The number of carbonyl (C=O) groups is 1. The van der Waals surface area contributed by atoms with E-state index in [9.17, 15) is 4.79 Å². The zero-order valence-corrected chi connectivity index (χ0v) is 7.51. The fraction of sp³-hybridized carbons (Fsp3) is 0.444. The lowest BCUT2D eigenvalue weighted by Gasteiger charge is -1.96. The molecule has 0 aliphatic heterocycles. The van der Waals surface area contributed by atoms with Gasteiger partial charge in [-0.3, -0.25) is 4.79 Å². The molecular formula is C9H12O3. The first kappa shape index (κ1) is 8.84. The summed E-state index contributed by atoms with van der Waals surface area (Å²) in [7, 11) is 1.37. The molecular weight excluding hydrogens is 156 g/mol. The molecule has 0 fully saturated rings. The van der Waals surface area contributed by atoms with E-state index in [1.165, 1.54) is 7.11 Å². The van der Waals surface area contributed by atoms with Gasteiger partial charge in [0.05, 0.1) is 7.11 Å². The molecule has 3 heteroatoms. The van der Waals surface area contributed by atoms with Crippen molar-refractivity contribution >= 4 is 5.97 Å². The Balaban J connectivity index is 2.75. The van der Waals surface area contributed by atoms with Crippen molar-refractivity contribution in [3.63, 3.8) is 0 Å². The van der Waals surface area contributed by atoms with Gasteiger partial charge in [-0.1, -0.05) is 0 Å². The predicted molar refractivity (Wildman–Crippen MR) is 43.9 cm³/mol. The summed E-state index contributed by atoms with van der Waals surface area (Å²) >= 11 is 0. The number of esters is 1. The van der Waals surface area contributed by atoms with Crippen LogP contribution in [0, 0.1) is 13.8 Å². The maximum atomic E-state index is 10.9. The number of rotatable bonds is 2. The quantitative estimate of drug-likeness (QED) is 0.630. The number of aryl methyl sites for hydroxylation is 2. The van der Waals surface area contributed by atoms with Crippen LogP contribution < -0.4 is 0 Å². The standard InChI is InChI=1S/C9H12O3/c1-6-4-7(2)12-8(6)5-9(10)11-3/h4H,5H2,1-3H3. The van der Waals surface area contributed by atoms with Crippen LogP contribution in [0.1, 0.15) is 17.1 Å². The van der Waals surface area contributed by atoms with Gasteiger partial charge in [0.25, 0.3) is 0 Å². The molecule has 3 nitrogen and oxygen atoms in total. The number of hydrogen-bond donors (Lipinski definition) is 0. The van der Waals surface area contributed by atoms with Gasteiger partial charge < -0.3 is 9.15 Å². The van der Waals surface area contributed by atoms with Crippen LogP contribution in [0.5, 0.6) is 0 Å². The number of ether oxygens (including phenoxy) is 1. The molecule has 0 aromatic carbocycles. The zero-order valence-electron chi connectivity index (χ0n) is 7.51. The van der Waals surface area contributed by atoms with Crippen LogP contribution in [0.2, 0.25) is 0 Å². The molecule has 0 spiro atoms. The Morgan fingerprint density at radius 2 is 2.25 bits per heavy atom. The van der Waals surface area contributed by atoms with Crippen molar-refractivity contribution in [2.24, 2.45) is 0 Å². The number of methoxy groups -OCH3 is 1. The lowest BCUT2D eigenvalue weighted by atomic mass is 10.2. The van der Waals surface area contributed by atoms with Gasteiger partial charge in [-0.25, -0.2) is 0 Å². The minimum Gasteiger partial charge on any atom is -0.469 e. The highest BCUT2D eigenvalue weighted by molar-refractivity contribution is 5.71. The Morgan fingerprint density at radius 3 is 2.67 bits per heavy atom. The molecule has 0 bridgehead atoms. The van der Waals surface area contributed by atoms with Crippen LogP contribution in [-0.4, -0.2) is 13.1 Å². The van der Waals surface area contributed by atoms with Crippen LogP contribution in [-0.2, 0) is 16.0 Å². The Morgan fingerprint density at radius 1 is 1.58 bits per heavy atom. The second-order valence-corrected chi connectivity index (χ2v) is 2.72. The van der Waals surface area contributed by atoms with Gasteiger partial charge in [0.2, 0.25) is 0 Å². The molecule has 0 amide bonds. The second-order valence-electron chi connectivity index (χ2n) is 2.72. The molecule has 0 N–H and O–H groups in total. The Hall–Kier alpha value is -1.25. The highest BCUT2D eigenvalue weighted by Gasteiger charge is 2.09. The summed E-state index contributed by atoms with van der Waals surface area (Å²) < 4.78 is 9.81. The van der Waals surface area contributed by atoms with Crippen molar-refractivity contribution in [1.82, 2.24) is 0 Å². The monoisotopic (exact) mass is 168 g/mol. The first-order valence-electron chi connectivity index (χ1n) is 3.76. The normalized spacial score (nSPS) is 9.92. The maximum absolute atomic E-state index is 10.9. The van der Waals surface area contributed by atoms with Crippen molar-refractivity contribution in [2.45, 2.75) is 20.3 Å². The van der Waals surface area contributed by atoms with E-state index >= 15 is 0 Å². The highest BCUT2D eigenvalue weighted by atomic mass is 16.5. The van der Waals surface area contributed by atoms with Crippen molar-refractivity contribution in [1.29, 1.82) is 0 Å². The first-order chi connectivity index (χ1) is 5.63. The van der Waals surface area contributed by atoms with Crippen LogP contribution in [0.3, 0.4) is 0 Å². The molecule has 0 aliphatic rings. The average Bonchev–Trinajstić information content (AvgIpc) is 2.30. The molecule has 1 heterocycles. The smallest absolute Gasteiger partial charge is 0.313 e. The van der Waals surface area contributed by atoms with Crippen molar-refractivity contribution in [3.8, 4) is 0 Å². The molecule has 1 rings (SSSR count). The Kier molecular flexibility index (Phi) is 2.53. The van der Waals surface area contributed by atoms with Crippen LogP contribution in [0.25, 0.3) is 0 Å². The van der Waals surface area contributed by atoms with E-state index < -0.39 is 0 Å². The molecule has 0 radical (unpaired) electrons. The minimum absolute atomic E-state index is 0.218. The van der Waals surface area contributed by atoms with Gasteiger partial charge in [-0.05, 0) is 25.5 Å². The summed E-state index contributed by atoms with van der Waals surface area (Å²) in [6, 6.07) is 1.90. The van der Waals surface area contributed by atoms with Crippen LogP contribution >= 0.6 is 0 Å². The summed E-state index contributed by atoms with van der Waals surface area (Å²) in [4.78, 5) is 10.9. The van der Waals surface area contributed by atoms with E-state index in [0.717, 1.165) is 11.3 Å². The third kappa shape index (κ3) is 1.87. The van der Waals surface area contributed by atoms with Gasteiger partial charge in [-0.2, -0.15) is 0 Å². The molecule has 0 saturated carbocycles. The van der Waals surface area contributed by atoms with Gasteiger partial charge in [0, 0.05) is 0 Å². The number of furan rings is 1. The van der Waals surface area contributed by atoms with E-state index in [1.807, 2.05) is 19.9 Å². The largest absolute Gasteiger partial charge is 0.469 e. The molecule has 0 aliphatic carbocycles. The van der Waals surface area contributed by atoms with E-state index in [0.29, 0.717) is 5.76 Å². The van der Waals surface area contributed by atoms with E-state index in [4.69, 9.17) is 4.42 Å². The molecule has 66 valence electrons. The topological polar surface area (TPSA) is 39.4 Å². The summed E-state index contributed by atoms with van der Waals surface area (Å²) in [5.74, 6) is 1.25. The van der Waals surface area contributed by atoms with Gasteiger partial charge in [-0.15, -0.1) is 0 Å². The fourth-order valence-corrected chi connectivity index (χ4v) is 1.07. The van der Waals surface area contributed by atoms with Gasteiger partial charge >= 0.3 is 5.97 Å². The fourth-order valence-electron chi connectivity index (χ4n) is 1.07. The van der Waals surface area contributed by atoms with Crippen molar-refractivity contribution in [2.75, 3.05) is 7.11 Å². The Labute approximate surface area is 71.3 Å². The summed E-state index contributed by atoms with van der Waals surface area (Å²) in [5, 5.41) is 0. The molecule has 0 saturated heterocycles. The van der Waals surface area contributed by atoms with Gasteiger partial charge in [0.15, 0.2) is 0 Å². The number of carbonyl (C=O) groups excluding carboxylic acids is 1. The van der Waals surface area contributed by atoms with Crippen molar-refractivity contribution < 1.29 is 13.9 Å². The maximum Gasteiger partial charge on any atom is 0.313 e. The van der Waals surface area contributed by atoms with Crippen molar-refractivity contribution in [3.05, 3.63) is 23.2 Å². The summed E-state index contributed by atoms with van der Waals surface area (Å²) in [6.45, 7) is 3.77. The third-order valence-electron chi connectivity index (χ3n) is 1.68. The third-order valence-corrected chi connectivity index (χ3v) is 1.68. The second kappa shape index (κ2) is 3.43. The number of hydrogen-bond acceptors (Lipinski definition) is 3. The molecule has 1 aromatic heterocycles. The van der Waals surface area contributed by atoms with Crippen LogP contribution in [0.4, 0.5) is 0 Å². The lowest BCUT2D eigenvalue weighted by Crippen LogP contribution is -2.04. The minimum atomic E-state index is -0.271. The van der Waals surface area contributed by atoms with E-state index in [-0.39, 0.29) is 12.4 Å². The molecule has 1 aromatic rings. The summed E-state index contributed by atoms with van der Waals surface area (Å²) in [6.07, 6.45) is 0.218. The first-order valence-corrected chi connectivity index (χ1v) is 3.76. The molecule has 0 unspecified atom stereocenters. The SMILES string of the molecule is COC(=O)Cc1oc(C)cc1C. The highest BCUT2D eigenvalue weighted by Crippen LogP contribution is 2.14.